The average molecular weight is 644 g/mol. The van der Waals surface area contributed by atoms with Gasteiger partial charge in [-0.1, -0.05) is 17.7 Å². The number of nitrogens with zero attached hydrogens (tertiary/aromatic N) is 3. The lowest BCUT2D eigenvalue weighted by molar-refractivity contribution is -0.138. The standard InChI is InChI=1S/C30H35ClF5N5O3/c1-18-17-39(12-9-30(34,35)36)13-14-41(18)25-15-22(31)4-6-24(25)38-29(44)23-5-3-21(26(32)27(23)33)16-37-28(43)20-7-10-40(11-8-20)19(2)42/h3-6,15,18,20H,7-14,16-17H2,1-2H3,(H,37,43)(H,38,44)/t18-/m1/s1. The van der Waals surface area contributed by atoms with Crippen LogP contribution in [-0.2, 0) is 16.1 Å². The summed E-state index contributed by atoms with van der Waals surface area (Å²) in [6.45, 7) is 4.89. The zero-order chi connectivity index (χ0) is 32.2. The third-order valence-electron chi connectivity index (χ3n) is 8.11. The third kappa shape index (κ3) is 8.38. The summed E-state index contributed by atoms with van der Waals surface area (Å²) in [6, 6.07) is 6.80. The van der Waals surface area contributed by atoms with Gasteiger partial charge in [-0.3, -0.25) is 19.3 Å². The normalized spacial score (nSPS) is 18.3. The van der Waals surface area contributed by atoms with Gasteiger partial charge in [0.05, 0.1) is 23.4 Å². The fourth-order valence-corrected chi connectivity index (χ4v) is 5.77. The Kier molecular flexibility index (Phi) is 10.7. The van der Waals surface area contributed by atoms with Gasteiger partial charge in [-0.25, -0.2) is 8.78 Å². The van der Waals surface area contributed by atoms with Gasteiger partial charge in [0.25, 0.3) is 5.91 Å². The lowest BCUT2D eigenvalue weighted by Gasteiger charge is -2.42. The summed E-state index contributed by atoms with van der Waals surface area (Å²) in [5.74, 6) is -4.26. The molecule has 2 aliphatic rings. The van der Waals surface area contributed by atoms with Gasteiger partial charge in [0.1, 0.15) is 0 Å². The molecule has 4 rings (SSSR count). The maximum absolute atomic E-state index is 15.1. The number of nitrogens with one attached hydrogen (secondary N) is 2. The quantitative estimate of drug-likeness (QED) is 0.386. The molecule has 2 aromatic carbocycles. The molecule has 1 atom stereocenters. The zero-order valence-electron chi connectivity index (χ0n) is 24.4. The van der Waals surface area contributed by atoms with Gasteiger partial charge in [-0.05, 0) is 44.0 Å². The molecule has 2 fully saturated rings. The topological polar surface area (TPSA) is 85.0 Å². The Labute approximate surface area is 257 Å². The fraction of sp³-hybridized carbons (Fsp3) is 0.500. The van der Waals surface area contributed by atoms with Crippen LogP contribution in [0.1, 0.15) is 49.0 Å². The third-order valence-corrected chi connectivity index (χ3v) is 8.35. The van der Waals surface area contributed by atoms with E-state index in [-0.39, 0.29) is 48.1 Å². The molecule has 3 amide bonds. The van der Waals surface area contributed by atoms with E-state index in [1.807, 2.05) is 11.8 Å². The van der Waals surface area contributed by atoms with Crippen molar-refractivity contribution in [1.29, 1.82) is 0 Å². The number of rotatable bonds is 8. The predicted octanol–water partition coefficient (Wildman–Crippen LogP) is 5.21. The summed E-state index contributed by atoms with van der Waals surface area (Å²) in [7, 11) is 0. The Hall–Kier alpha value is -3.45. The molecule has 44 heavy (non-hydrogen) atoms. The first-order valence-corrected chi connectivity index (χ1v) is 14.8. The van der Waals surface area contributed by atoms with Crippen LogP contribution >= 0.6 is 11.6 Å². The Morgan fingerprint density at radius 3 is 2.34 bits per heavy atom. The minimum Gasteiger partial charge on any atom is -0.365 e. The number of anilines is 2. The van der Waals surface area contributed by atoms with E-state index in [0.717, 1.165) is 6.07 Å². The summed E-state index contributed by atoms with van der Waals surface area (Å²) >= 11 is 6.22. The molecular weight excluding hydrogens is 609 g/mol. The van der Waals surface area contributed by atoms with E-state index >= 15 is 4.39 Å². The number of halogens is 6. The molecule has 2 aromatic rings. The van der Waals surface area contributed by atoms with Crippen LogP contribution in [0.25, 0.3) is 0 Å². The van der Waals surface area contributed by atoms with Crippen molar-refractivity contribution in [3.63, 3.8) is 0 Å². The molecule has 14 heteroatoms. The smallest absolute Gasteiger partial charge is 0.365 e. The van der Waals surface area contributed by atoms with Crippen molar-refractivity contribution in [3.05, 3.63) is 58.1 Å². The largest absolute Gasteiger partial charge is 0.390 e. The molecule has 0 aromatic heterocycles. The summed E-state index contributed by atoms with van der Waals surface area (Å²) in [4.78, 5) is 42.4. The van der Waals surface area contributed by atoms with Gasteiger partial charge in [0, 0.05) is 75.3 Å². The lowest BCUT2D eigenvalue weighted by atomic mass is 9.95. The van der Waals surface area contributed by atoms with Crippen LogP contribution in [0.5, 0.6) is 0 Å². The van der Waals surface area contributed by atoms with E-state index in [2.05, 4.69) is 10.6 Å². The second-order valence-electron chi connectivity index (χ2n) is 11.2. The fourth-order valence-electron chi connectivity index (χ4n) is 5.60. The number of piperazine rings is 1. The maximum atomic E-state index is 15.1. The number of carbonyl (C=O) groups is 3. The van der Waals surface area contributed by atoms with Gasteiger partial charge in [0.2, 0.25) is 11.8 Å². The van der Waals surface area contributed by atoms with Gasteiger partial charge in [-0.15, -0.1) is 0 Å². The van der Waals surface area contributed by atoms with Crippen molar-refractivity contribution in [1.82, 2.24) is 15.1 Å². The summed E-state index contributed by atoms with van der Waals surface area (Å²) < 4.78 is 68.1. The molecule has 0 spiro atoms. The Morgan fingerprint density at radius 1 is 1.00 bits per heavy atom. The van der Waals surface area contributed by atoms with Crippen LogP contribution in [0, 0.1) is 17.6 Å². The summed E-state index contributed by atoms with van der Waals surface area (Å²) in [6.07, 6.45) is -4.21. The molecule has 8 nitrogen and oxygen atoms in total. The lowest BCUT2D eigenvalue weighted by Crippen LogP contribution is -2.52. The van der Waals surface area contributed by atoms with Gasteiger partial charge in [-0.2, -0.15) is 13.2 Å². The molecule has 240 valence electrons. The molecule has 0 bridgehead atoms. The highest BCUT2D eigenvalue weighted by Gasteiger charge is 2.32. The maximum Gasteiger partial charge on any atom is 0.390 e. The van der Waals surface area contributed by atoms with Gasteiger partial charge in [0.15, 0.2) is 11.6 Å². The zero-order valence-corrected chi connectivity index (χ0v) is 25.2. The van der Waals surface area contributed by atoms with Crippen molar-refractivity contribution >= 4 is 40.7 Å². The Morgan fingerprint density at radius 2 is 1.70 bits per heavy atom. The Balaban J connectivity index is 1.40. The van der Waals surface area contributed by atoms with Crippen molar-refractivity contribution in [2.45, 2.75) is 51.9 Å². The number of hydrogen-bond acceptors (Lipinski definition) is 5. The molecule has 2 N–H and O–H groups in total. The molecule has 2 aliphatic heterocycles. The molecule has 0 unspecified atom stereocenters. The number of carbonyl (C=O) groups excluding carboxylic acids is 3. The molecular formula is C30H35ClF5N5O3. The number of hydrogen-bond donors (Lipinski definition) is 2. The molecule has 0 saturated carbocycles. The van der Waals surface area contributed by atoms with Gasteiger partial charge >= 0.3 is 6.18 Å². The number of piperidine rings is 1. The number of likely N-dealkylation sites (tertiary alicyclic amines) is 1. The highest BCUT2D eigenvalue weighted by Crippen LogP contribution is 2.33. The number of amides is 3. The van der Waals surface area contributed by atoms with E-state index in [4.69, 9.17) is 11.6 Å². The second kappa shape index (κ2) is 14.1. The highest BCUT2D eigenvalue weighted by atomic mass is 35.5. The first-order valence-electron chi connectivity index (χ1n) is 14.4. The minimum atomic E-state index is -4.25. The van der Waals surface area contributed by atoms with Crippen LogP contribution in [0.3, 0.4) is 0 Å². The highest BCUT2D eigenvalue weighted by molar-refractivity contribution is 6.31. The van der Waals surface area contributed by atoms with Crippen LogP contribution in [0.2, 0.25) is 5.02 Å². The Bertz CT molecular complexity index is 1380. The predicted molar refractivity (Wildman–Crippen MR) is 157 cm³/mol. The molecule has 2 heterocycles. The van der Waals surface area contributed by atoms with Crippen molar-refractivity contribution in [2.24, 2.45) is 5.92 Å². The van der Waals surface area contributed by atoms with Gasteiger partial charge < -0.3 is 20.4 Å². The van der Waals surface area contributed by atoms with Crippen LogP contribution in [0.15, 0.2) is 30.3 Å². The van der Waals surface area contributed by atoms with Crippen molar-refractivity contribution in [3.8, 4) is 0 Å². The first kappa shape index (κ1) is 33.4. The minimum absolute atomic E-state index is 0.0615. The van der Waals surface area contributed by atoms with Crippen LogP contribution < -0.4 is 15.5 Å². The van der Waals surface area contributed by atoms with E-state index in [9.17, 15) is 31.9 Å². The monoisotopic (exact) mass is 643 g/mol. The van der Waals surface area contributed by atoms with E-state index in [1.54, 1.807) is 15.9 Å². The number of benzene rings is 2. The molecule has 0 radical (unpaired) electrons. The molecule has 0 aliphatic carbocycles. The molecule has 2 saturated heterocycles. The van der Waals surface area contributed by atoms with Crippen molar-refractivity contribution < 1.29 is 36.3 Å². The first-order chi connectivity index (χ1) is 20.7. The number of alkyl halides is 3. The second-order valence-corrected chi connectivity index (χ2v) is 11.7. The average Bonchev–Trinajstić information content (AvgIpc) is 2.97. The summed E-state index contributed by atoms with van der Waals surface area (Å²) in [5.41, 5.74) is 0.114. The van der Waals surface area contributed by atoms with E-state index in [1.165, 1.54) is 25.1 Å². The van der Waals surface area contributed by atoms with Crippen LogP contribution in [0.4, 0.5) is 33.3 Å². The summed E-state index contributed by atoms with van der Waals surface area (Å²) in [5, 5.41) is 5.59. The van der Waals surface area contributed by atoms with Crippen LogP contribution in [-0.4, -0.2) is 79.0 Å². The van der Waals surface area contributed by atoms with E-state index < -0.39 is 35.7 Å². The van der Waals surface area contributed by atoms with Crippen molar-refractivity contribution in [2.75, 3.05) is 49.5 Å². The van der Waals surface area contributed by atoms with E-state index in [0.29, 0.717) is 56.3 Å². The SMILES string of the molecule is CC(=O)N1CCC(C(=O)NCc2ccc(C(=O)Nc3ccc(Cl)cc3N3CCN(CCC(F)(F)F)C[C@H]3C)c(F)c2F)CC1.